The van der Waals surface area contributed by atoms with Crippen LogP contribution >= 0.6 is 11.8 Å². The first-order valence-electron chi connectivity index (χ1n) is 7.69. The lowest BCUT2D eigenvalue weighted by molar-refractivity contribution is -0.140. The van der Waals surface area contributed by atoms with Crippen molar-refractivity contribution in [1.82, 2.24) is 9.97 Å². The molecule has 0 fully saturated rings. The Balaban J connectivity index is 3.35. The number of aromatic nitrogens is 2. The Morgan fingerprint density at radius 2 is 2.12 bits per heavy atom. The zero-order valence-corrected chi connectivity index (χ0v) is 15.7. The summed E-state index contributed by atoms with van der Waals surface area (Å²) >= 11 is 1.12. The van der Waals surface area contributed by atoms with Crippen molar-refractivity contribution in [2.45, 2.75) is 38.0 Å². The predicted molar refractivity (Wildman–Crippen MR) is 94.5 cm³/mol. The number of allylic oxidation sites excluding steroid dienone is 3. The molecule has 0 atom stereocenters. The van der Waals surface area contributed by atoms with E-state index < -0.39 is 23.4 Å². The molecule has 26 heavy (non-hydrogen) atoms. The minimum absolute atomic E-state index is 0.00927. The average Bonchev–Trinajstić information content (AvgIpc) is 2.60. The Hall–Kier alpha value is -2.27. The quantitative estimate of drug-likeness (QED) is 0.247. The van der Waals surface area contributed by atoms with Gasteiger partial charge in [-0.25, -0.2) is 9.97 Å². The molecule has 0 spiro atoms. The summed E-state index contributed by atoms with van der Waals surface area (Å²) in [6, 6.07) is 0. The van der Waals surface area contributed by atoms with Crippen molar-refractivity contribution in [3.63, 3.8) is 0 Å². The van der Waals surface area contributed by atoms with E-state index in [4.69, 9.17) is 0 Å². The number of rotatable bonds is 5. The third-order valence-electron chi connectivity index (χ3n) is 3.22. The highest BCUT2D eigenvalue weighted by molar-refractivity contribution is 7.98. The van der Waals surface area contributed by atoms with Crippen LogP contribution in [0.5, 0.6) is 0 Å². The molecule has 0 N–H and O–H groups in total. The smallest absolute Gasteiger partial charge is 0.420 e. The van der Waals surface area contributed by atoms with Gasteiger partial charge in [-0.05, 0) is 31.1 Å². The summed E-state index contributed by atoms with van der Waals surface area (Å²) in [4.78, 5) is 19.1. The van der Waals surface area contributed by atoms with Crippen LogP contribution in [0.15, 0.2) is 34.7 Å². The van der Waals surface area contributed by atoms with Gasteiger partial charge in [-0.3, -0.25) is 4.79 Å². The monoisotopic (exact) mass is 384 g/mol. The van der Waals surface area contributed by atoms with Crippen molar-refractivity contribution in [3.05, 3.63) is 40.8 Å². The highest BCUT2D eigenvalue weighted by Gasteiger charge is 2.34. The lowest BCUT2D eigenvalue weighted by Crippen LogP contribution is -2.10. The molecule has 1 aromatic rings. The summed E-state index contributed by atoms with van der Waals surface area (Å²) in [7, 11) is 1.27. The Labute approximate surface area is 154 Å². The van der Waals surface area contributed by atoms with E-state index in [2.05, 4.69) is 26.5 Å². The summed E-state index contributed by atoms with van der Waals surface area (Å²) in [6.07, 6.45) is 1.85. The van der Waals surface area contributed by atoms with E-state index in [0.717, 1.165) is 18.0 Å². The van der Waals surface area contributed by atoms with E-state index in [0.29, 0.717) is 17.6 Å². The minimum Gasteiger partial charge on any atom is -0.469 e. The SMILES string of the molecule is C/C=C(C#Cc1nc(SC)ncc1C(F)(F)F)\C(=C/CC)CC(=O)OC. The first-order chi connectivity index (χ1) is 12.3. The molecule has 4 nitrogen and oxygen atoms in total. The number of hydrogen-bond acceptors (Lipinski definition) is 5. The van der Waals surface area contributed by atoms with Crippen LogP contribution in [0.2, 0.25) is 0 Å². The van der Waals surface area contributed by atoms with Gasteiger partial charge in [0.25, 0.3) is 0 Å². The number of nitrogens with zero attached hydrogens (tertiary/aromatic N) is 2. The maximum atomic E-state index is 13.1. The molecule has 0 bridgehead atoms. The number of ether oxygens (including phenoxy) is 1. The lowest BCUT2D eigenvalue weighted by atomic mass is 10.0. The van der Waals surface area contributed by atoms with E-state index in [9.17, 15) is 18.0 Å². The van der Waals surface area contributed by atoms with Crippen LogP contribution < -0.4 is 0 Å². The van der Waals surface area contributed by atoms with Gasteiger partial charge in [-0.15, -0.1) is 0 Å². The zero-order chi connectivity index (χ0) is 19.7. The maximum absolute atomic E-state index is 13.1. The van der Waals surface area contributed by atoms with Crippen molar-refractivity contribution in [2.24, 2.45) is 0 Å². The van der Waals surface area contributed by atoms with Gasteiger partial charge in [0, 0.05) is 11.8 Å². The van der Waals surface area contributed by atoms with E-state index in [1.165, 1.54) is 7.11 Å². The fourth-order valence-corrected chi connectivity index (χ4v) is 2.32. The van der Waals surface area contributed by atoms with Crippen molar-refractivity contribution in [1.29, 1.82) is 0 Å². The number of esters is 1. The van der Waals surface area contributed by atoms with Gasteiger partial charge in [0.2, 0.25) is 0 Å². The number of methoxy groups -OCH3 is 1. The molecule has 1 aromatic heterocycles. The van der Waals surface area contributed by atoms with Gasteiger partial charge in [0.05, 0.1) is 13.5 Å². The van der Waals surface area contributed by atoms with Crippen molar-refractivity contribution < 1.29 is 22.7 Å². The summed E-state index contributed by atoms with van der Waals surface area (Å²) < 4.78 is 44.1. The molecule has 0 amide bonds. The Bertz CT molecular complexity index is 775. The van der Waals surface area contributed by atoms with E-state index in [-0.39, 0.29) is 11.6 Å². The second-order valence-corrected chi connectivity index (χ2v) is 5.73. The second kappa shape index (κ2) is 10.0. The van der Waals surface area contributed by atoms with Crippen LogP contribution in [0.1, 0.15) is 37.9 Å². The highest BCUT2D eigenvalue weighted by atomic mass is 32.2. The Morgan fingerprint density at radius 1 is 1.42 bits per heavy atom. The molecule has 0 aromatic carbocycles. The summed E-state index contributed by atoms with van der Waals surface area (Å²) in [5, 5.41) is 0.197. The van der Waals surface area contributed by atoms with E-state index in [1.807, 2.05) is 6.92 Å². The van der Waals surface area contributed by atoms with Crippen LogP contribution in [0.3, 0.4) is 0 Å². The van der Waals surface area contributed by atoms with Gasteiger partial charge < -0.3 is 4.74 Å². The number of carbonyl (C=O) groups is 1. The van der Waals surface area contributed by atoms with Gasteiger partial charge >= 0.3 is 12.1 Å². The molecule has 0 aliphatic heterocycles. The second-order valence-electron chi connectivity index (χ2n) is 4.96. The van der Waals surface area contributed by atoms with Gasteiger partial charge in [-0.1, -0.05) is 36.8 Å². The first-order valence-corrected chi connectivity index (χ1v) is 8.92. The molecule has 0 unspecified atom stereocenters. The number of thioether (sulfide) groups is 1. The van der Waals surface area contributed by atoms with Crippen molar-refractivity contribution in [3.8, 4) is 11.8 Å². The topological polar surface area (TPSA) is 52.1 Å². The highest BCUT2D eigenvalue weighted by Crippen LogP contribution is 2.31. The zero-order valence-electron chi connectivity index (χ0n) is 14.9. The van der Waals surface area contributed by atoms with Crippen LogP contribution in [-0.4, -0.2) is 29.3 Å². The predicted octanol–water partition coefficient (Wildman–Crippen LogP) is 4.41. The van der Waals surface area contributed by atoms with Crippen LogP contribution in [0.25, 0.3) is 0 Å². The summed E-state index contributed by atoms with van der Waals surface area (Å²) in [5.41, 5.74) is -0.339. The minimum atomic E-state index is -4.61. The molecule has 0 saturated carbocycles. The molecule has 1 rings (SSSR count). The van der Waals surface area contributed by atoms with E-state index in [1.54, 1.807) is 25.3 Å². The van der Waals surface area contributed by atoms with Crippen LogP contribution in [-0.2, 0) is 15.7 Å². The van der Waals surface area contributed by atoms with Crippen LogP contribution in [0, 0.1) is 11.8 Å². The number of hydrogen-bond donors (Lipinski definition) is 0. The Morgan fingerprint density at radius 3 is 2.62 bits per heavy atom. The summed E-state index contributed by atoms with van der Waals surface area (Å²) in [5.74, 6) is 4.73. The van der Waals surface area contributed by atoms with Gasteiger partial charge in [0.15, 0.2) is 5.16 Å². The Kier molecular flexibility index (Phi) is 8.39. The molecular weight excluding hydrogens is 365 g/mol. The largest absolute Gasteiger partial charge is 0.469 e. The average molecular weight is 384 g/mol. The fourth-order valence-electron chi connectivity index (χ4n) is 1.98. The maximum Gasteiger partial charge on any atom is 0.420 e. The standard InChI is InChI=1S/C18H19F3N2O2S/c1-5-7-13(10-16(24)25-3)12(6-2)8-9-15-14(18(19,20)21)11-22-17(23-15)26-4/h6-7,11H,5,10H2,1-4H3/b12-6-,13-7-. The van der Waals surface area contributed by atoms with Crippen molar-refractivity contribution >= 4 is 17.7 Å². The molecule has 0 radical (unpaired) electrons. The van der Waals surface area contributed by atoms with Gasteiger partial charge in [0.1, 0.15) is 11.3 Å². The lowest BCUT2D eigenvalue weighted by Gasteiger charge is -2.09. The van der Waals surface area contributed by atoms with Crippen molar-refractivity contribution in [2.75, 3.05) is 13.4 Å². The third-order valence-corrected chi connectivity index (χ3v) is 3.78. The number of carbonyl (C=O) groups excluding carboxylic acids is 1. The first kappa shape index (κ1) is 21.8. The molecule has 8 heteroatoms. The van der Waals surface area contributed by atoms with E-state index >= 15 is 0 Å². The molecule has 140 valence electrons. The molecule has 1 heterocycles. The fraction of sp³-hybridized carbons (Fsp3) is 0.389. The molecular formula is C18H19F3N2O2S. The molecule has 0 saturated heterocycles. The molecule has 0 aliphatic carbocycles. The summed E-state index contributed by atoms with van der Waals surface area (Å²) in [6.45, 7) is 3.58. The third kappa shape index (κ3) is 6.23. The molecule has 0 aliphatic rings. The number of alkyl halides is 3. The normalized spacial score (nSPS) is 12.4. The van der Waals surface area contributed by atoms with Crippen LogP contribution in [0.4, 0.5) is 13.2 Å². The van der Waals surface area contributed by atoms with Gasteiger partial charge in [-0.2, -0.15) is 13.2 Å². The number of halogens is 3.